The molecular formula is C6H6O3. The minimum absolute atomic E-state index is 0.323. The summed E-state index contributed by atoms with van der Waals surface area (Å²) in [5.41, 5.74) is 0. The lowest BCUT2D eigenvalue weighted by Crippen LogP contribution is -2.09. The molecule has 1 aliphatic heterocycles. The van der Waals surface area contributed by atoms with Gasteiger partial charge in [-0.15, -0.1) is 0 Å². The van der Waals surface area contributed by atoms with Crippen molar-refractivity contribution in [3.05, 3.63) is 24.2 Å². The van der Waals surface area contributed by atoms with Gasteiger partial charge in [0.25, 0.3) is 0 Å². The summed E-state index contributed by atoms with van der Waals surface area (Å²) < 4.78 is 8.92. The second kappa shape index (κ2) is 1.93. The minimum Gasteiger partial charge on any atom is -0.399 e. The van der Waals surface area contributed by atoms with Gasteiger partial charge in [-0.2, -0.15) is 0 Å². The lowest BCUT2D eigenvalue weighted by atomic mass is 10.4. The molecule has 0 unspecified atom stereocenters. The maximum atomic E-state index is 10.3. The van der Waals surface area contributed by atoms with Gasteiger partial charge in [-0.05, 0) is 6.92 Å². The lowest BCUT2D eigenvalue weighted by Gasteiger charge is -2.10. The second-order valence-electron chi connectivity index (χ2n) is 1.68. The first-order valence-corrected chi connectivity index (χ1v) is 2.45. The number of allylic oxidation sites excluding steroid dienone is 2. The number of ether oxygens (including phenoxy) is 2. The zero-order chi connectivity index (χ0) is 6.85. The second-order valence-corrected chi connectivity index (χ2v) is 1.68. The largest absolute Gasteiger partial charge is 0.519 e. The van der Waals surface area contributed by atoms with E-state index in [1.165, 1.54) is 0 Å². The van der Waals surface area contributed by atoms with E-state index in [9.17, 15) is 4.79 Å². The third kappa shape index (κ3) is 1.32. The lowest BCUT2D eigenvalue weighted by molar-refractivity contribution is 0.0958. The third-order valence-corrected chi connectivity index (χ3v) is 0.823. The molecule has 1 rings (SSSR count). The molecule has 0 amide bonds. The highest BCUT2D eigenvalue weighted by atomic mass is 16.7. The fourth-order valence-corrected chi connectivity index (χ4v) is 0.545. The monoisotopic (exact) mass is 126 g/mol. The third-order valence-electron chi connectivity index (χ3n) is 0.823. The summed E-state index contributed by atoms with van der Waals surface area (Å²) >= 11 is 0. The van der Waals surface area contributed by atoms with Crippen LogP contribution in [0, 0.1) is 0 Å². The van der Waals surface area contributed by atoms with Crippen LogP contribution in [-0.2, 0) is 9.47 Å². The number of carbonyl (C=O) groups is 1. The minimum atomic E-state index is -0.708. The van der Waals surface area contributed by atoms with Crippen LogP contribution in [0.2, 0.25) is 0 Å². The summed E-state index contributed by atoms with van der Waals surface area (Å²) in [6.07, 6.45) is 0.835. The highest BCUT2D eigenvalue weighted by Gasteiger charge is 2.12. The molecule has 1 heterocycles. The first kappa shape index (κ1) is 5.88. The van der Waals surface area contributed by atoms with Crippen molar-refractivity contribution >= 4 is 6.16 Å². The molecule has 0 aromatic carbocycles. The van der Waals surface area contributed by atoms with Crippen LogP contribution in [0.4, 0.5) is 4.79 Å². The van der Waals surface area contributed by atoms with Crippen molar-refractivity contribution in [1.29, 1.82) is 0 Å². The fourth-order valence-electron chi connectivity index (χ4n) is 0.545. The highest BCUT2D eigenvalue weighted by Crippen LogP contribution is 2.11. The molecule has 9 heavy (non-hydrogen) atoms. The molecule has 0 fully saturated rings. The van der Waals surface area contributed by atoms with Crippen LogP contribution in [0.3, 0.4) is 0 Å². The molecule has 1 aliphatic rings. The Bertz CT molecular complexity index is 190. The number of hydrogen-bond acceptors (Lipinski definition) is 3. The first-order chi connectivity index (χ1) is 4.18. The number of carbonyl (C=O) groups excluding carboxylic acids is 1. The number of hydrogen-bond donors (Lipinski definition) is 0. The Hall–Kier alpha value is -1.25. The highest BCUT2D eigenvalue weighted by molar-refractivity contribution is 5.65. The Morgan fingerprint density at radius 2 is 2.22 bits per heavy atom. The average Bonchev–Trinajstić information content (AvgIpc) is 1.59. The van der Waals surface area contributed by atoms with Crippen molar-refractivity contribution in [2.45, 2.75) is 6.92 Å². The summed E-state index contributed by atoms with van der Waals surface area (Å²) in [5, 5.41) is 0. The van der Waals surface area contributed by atoms with Crippen LogP contribution < -0.4 is 0 Å². The van der Waals surface area contributed by atoms with E-state index in [-0.39, 0.29) is 0 Å². The summed E-state index contributed by atoms with van der Waals surface area (Å²) in [4.78, 5) is 10.3. The Morgan fingerprint density at radius 3 is 2.67 bits per heavy atom. The topological polar surface area (TPSA) is 35.5 Å². The van der Waals surface area contributed by atoms with Gasteiger partial charge < -0.3 is 9.47 Å². The van der Waals surface area contributed by atoms with Crippen LogP contribution >= 0.6 is 0 Å². The molecular weight excluding hydrogens is 120 g/mol. The summed E-state index contributed by atoms with van der Waals surface area (Å²) in [7, 11) is 0. The summed E-state index contributed by atoms with van der Waals surface area (Å²) in [5.74, 6) is 0.833. The van der Waals surface area contributed by atoms with Crippen LogP contribution in [0.15, 0.2) is 24.2 Å². The average molecular weight is 126 g/mol. The van der Waals surface area contributed by atoms with E-state index < -0.39 is 6.16 Å². The molecule has 0 aliphatic carbocycles. The molecule has 0 bridgehead atoms. The molecule has 0 atom stereocenters. The molecule has 48 valence electrons. The van der Waals surface area contributed by atoms with Crippen molar-refractivity contribution < 1.29 is 14.3 Å². The van der Waals surface area contributed by atoms with Gasteiger partial charge in [0.05, 0.1) is 0 Å². The van der Waals surface area contributed by atoms with E-state index in [0.717, 1.165) is 0 Å². The van der Waals surface area contributed by atoms with Gasteiger partial charge in [-0.25, -0.2) is 4.79 Å². The Morgan fingerprint density at radius 1 is 1.56 bits per heavy atom. The van der Waals surface area contributed by atoms with Crippen LogP contribution in [0.5, 0.6) is 0 Å². The van der Waals surface area contributed by atoms with Gasteiger partial charge in [0.1, 0.15) is 11.5 Å². The maximum absolute atomic E-state index is 10.3. The molecule has 0 saturated carbocycles. The van der Waals surface area contributed by atoms with Crippen LogP contribution in [-0.4, -0.2) is 6.16 Å². The predicted molar refractivity (Wildman–Crippen MR) is 30.5 cm³/mol. The van der Waals surface area contributed by atoms with Gasteiger partial charge in [0.2, 0.25) is 0 Å². The van der Waals surface area contributed by atoms with Crippen molar-refractivity contribution in [2.24, 2.45) is 0 Å². The Labute approximate surface area is 52.6 Å². The van der Waals surface area contributed by atoms with Gasteiger partial charge in [0, 0.05) is 6.08 Å². The summed E-state index contributed by atoms with van der Waals surface area (Å²) in [6.45, 7) is 5.07. The molecule has 0 saturated heterocycles. The van der Waals surface area contributed by atoms with Crippen molar-refractivity contribution in [3.8, 4) is 0 Å². The predicted octanol–water partition coefficient (Wildman–Crippen LogP) is 1.57. The molecule has 0 aromatic rings. The molecule has 3 heteroatoms. The van der Waals surface area contributed by atoms with Crippen LogP contribution in [0.25, 0.3) is 0 Å². The smallest absolute Gasteiger partial charge is 0.399 e. The van der Waals surface area contributed by atoms with Crippen molar-refractivity contribution in [2.75, 3.05) is 0 Å². The molecule has 0 N–H and O–H groups in total. The van der Waals surface area contributed by atoms with Crippen LogP contribution in [0.1, 0.15) is 6.92 Å². The van der Waals surface area contributed by atoms with Gasteiger partial charge in [0.15, 0.2) is 0 Å². The molecule has 0 aromatic heterocycles. The number of rotatable bonds is 0. The van der Waals surface area contributed by atoms with E-state index >= 15 is 0 Å². The SMILES string of the molecule is C=C1C=C(C)OC(=O)O1. The maximum Gasteiger partial charge on any atom is 0.519 e. The molecule has 3 nitrogen and oxygen atoms in total. The Kier molecular flexibility index (Phi) is 1.26. The standard InChI is InChI=1S/C6H6O3/c1-4-3-5(2)9-6(7)8-4/h3H,1H2,2H3. The zero-order valence-electron chi connectivity index (χ0n) is 5.01. The number of cyclic esters (lactones) is 2. The van der Waals surface area contributed by atoms with E-state index in [1.54, 1.807) is 13.0 Å². The fraction of sp³-hybridized carbons (Fsp3) is 0.167. The van der Waals surface area contributed by atoms with Gasteiger partial charge >= 0.3 is 6.16 Å². The molecule has 0 radical (unpaired) electrons. The first-order valence-electron chi connectivity index (χ1n) is 2.45. The normalized spacial score (nSPS) is 18.1. The van der Waals surface area contributed by atoms with Crippen molar-refractivity contribution in [3.63, 3.8) is 0 Å². The summed E-state index contributed by atoms with van der Waals surface area (Å²) in [6, 6.07) is 0. The quantitative estimate of drug-likeness (QED) is 0.462. The van der Waals surface area contributed by atoms with Crippen molar-refractivity contribution in [1.82, 2.24) is 0 Å². The van der Waals surface area contributed by atoms with E-state index in [2.05, 4.69) is 16.1 Å². The zero-order valence-corrected chi connectivity index (χ0v) is 5.01. The molecule has 0 spiro atoms. The Balaban J connectivity index is 2.79. The van der Waals surface area contributed by atoms with E-state index in [0.29, 0.717) is 11.5 Å². The van der Waals surface area contributed by atoms with Gasteiger partial charge in [-0.1, -0.05) is 6.58 Å². The van der Waals surface area contributed by atoms with E-state index in [4.69, 9.17) is 0 Å². The van der Waals surface area contributed by atoms with E-state index in [1.807, 2.05) is 0 Å². The van der Waals surface area contributed by atoms with Gasteiger partial charge in [-0.3, -0.25) is 0 Å².